The molecule has 0 aromatic heterocycles. The quantitative estimate of drug-likeness (QED) is 0.688. The Morgan fingerprint density at radius 2 is 2.20 bits per heavy atom. The van der Waals surface area contributed by atoms with Crippen LogP contribution in [0.4, 0.5) is 0 Å². The highest BCUT2D eigenvalue weighted by molar-refractivity contribution is 5.78. The van der Waals surface area contributed by atoms with E-state index in [0.29, 0.717) is 12.6 Å². The largest absolute Gasteiger partial charge is 0.350 e. The molecule has 0 aromatic rings. The standard InChI is InChI=1S/C11H23N3O/c1-9-7-14(6-5-12-9)8-10(15)13-11(2,3)4/h9,12H,5-8H2,1-4H3,(H,13,15)/t9-/m1/s1. The van der Waals surface area contributed by atoms with E-state index in [0.717, 1.165) is 19.6 Å². The molecule has 1 amide bonds. The van der Waals surface area contributed by atoms with Gasteiger partial charge < -0.3 is 10.6 Å². The zero-order valence-electron chi connectivity index (χ0n) is 10.3. The van der Waals surface area contributed by atoms with Gasteiger partial charge in [-0.25, -0.2) is 0 Å². The second kappa shape index (κ2) is 4.94. The Morgan fingerprint density at radius 3 is 2.73 bits per heavy atom. The summed E-state index contributed by atoms with van der Waals surface area (Å²) in [7, 11) is 0. The van der Waals surface area contributed by atoms with Crippen LogP contribution in [0.15, 0.2) is 0 Å². The topological polar surface area (TPSA) is 44.4 Å². The van der Waals surface area contributed by atoms with Crippen LogP contribution >= 0.6 is 0 Å². The minimum Gasteiger partial charge on any atom is -0.350 e. The first kappa shape index (κ1) is 12.5. The zero-order chi connectivity index (χ0) is 11.5. The molecule has 1 heterocycles. The van der Waals surface area contributed by atoms with Gasteiger partial charge in [0, 0.05) is 31.2 Å². The highest BCUT2D eigenvalue weighted by Gasteiger charge is 2.20. The number of carbonyl (C=O) groups excluding carboxylic acids is 1. The summed E-state index contributed by atoms with van der Waals surface area (Å²) in [6, 6.07) is 0.487. The molecule has 0 radical (unpaired) electrons. The predicted molar refractivity (Wildman–Crippen MR) is 61.8 cm³/mol. The lowest BCUT2D eigenvalue weighted by molar-refractivity contribution is -0.123. The van der Waals surface area contributed by atoms with E-state index in [9.17, 15) is 4.79 Å². The molecule has 0 bridgehead atoms. The highest BCUT2D eigenvalue weighted by Crippen LogP contribution is 2.01. The molecule has 15 heavy (non-hydrogen) atoms. The van der Waals surface area contributed by atoms with Gasteiger partial charge in [-0.15, -0.1) is 0 Å². The molecule has 88 valence electrons. The van der Waals surface area contributed by atoms with Gasteiger partial charge in [-0.2, -0.15) is 0 Å². The van der Waals surface area contributed by atoms with Crippen molar-refractivity contribution in [2.24, 2.45) is 0 Å². The van der Waals surface area contributed by atoms with Gasteiger partial charge in [-0.1, -0.05) is 0 Å². The Labute approximate surface area is 92.4 Å². The van der Waals surface area contributed by atoms with E-state index >= 15 is 0 Å². The van der Waals surface area contributed by atoms with Gasteiger partial charge >= 0.3 is 0 Å². The molecule has 0 spiro atoms. The summed E-state index contributed by atoms with van der Waals surface area (Å²) in [6.07, 6.45) is 0. The van der Waals surface area contributed by atoms with E-state index in [-0.39, 0.29) is 11.4 Å². The fourth-order valence-corrected chi connectivity index (χ4v) is 1.82. The van der Waals surface area contributed by atoms with Crippen molar-refractivity contribution in [3.63, 3.8) is 0 Å². The van der Waals surface area contributed by atoms with E-state index in [4.69, 9.17) is 0 Å². The van der Waals surface area contributed by atoms with Crippen LogP contribution in [0.25, 0.3) is 0 Å². The molecule has 0 aliphatic carbocycles. The molecule has 1 atom stereocenters. The fraction of sp³-hybridized carbons (Fsp3) is 0.909. The van der Waals surface area contributed by atoms with Crippen molar-refractivity contribution in [2.75, 3.05) is 26.2 Å². The molecule has 0 aromatic carbocycles. The molecular formula is C11H23N3O. The van der Waals surface area contributed by atoms with Gasteiger partial charge in [-0.05, 0) is 27.7 Å². The lowest BCUT2D eigenvalue weighted by atomic mass is 10.1. The second-order valence-corrected chi connectivity index (χ2v) is 5.39. The summed E-state index contributed by atoms with van der Waals surface area (Å²) in [4.78, 5) is 13.9. The number of piperazine rings is 1. The maximum atomic E-state index is 11.7. The van der Waals surface area contributed by atoms with Crippen LogP contribution in [0.2, 0.25) is 0 Å². The maximum absolute atomic E-state index is 11.7. The van der Waals surface area contributed by atoms with Crippen LogP contribution in [0.3, 0.4) is 0 Å². The fourth-order valence-electron chi connectivity index (χ4n) is 1.82. The first-order valence-corrected chi connectivity index (χ1v) is 5.63. The number of rotatable bonds is 2. The molecule has 1 saturated heterocycles. The molecule has 1 aliphatic rings. The van der Waals surface area contributed by atoms with Gasteiger partial charge in [0.05, 0.1) is 6.54 Å². The van der Waals surface area contributed by atoms with Crippen molar-refractivity contribution in [2.45, 2.75) is 39.3 Å². The third kappa shape index (κ3) is 5.14. The molecule has 1 fully saturated rings. The maximum Gasteiger partial charge on any atom is 0.234 e. The Kier molecular flexibility index (Phi) is 4.11. The first-order valence-electron chi connectivity index (χ1n) is 5.63. The smallest absolute Gasteiger partial charge is 0.234 e. The van der Waals surface area contributed by atoms with Crippen molar-refractivity contribution in [3.8, 4) is 0 Å². The minimum atomic E-state index is -0.128. The molecule has 2 N–H and O–H groups in total. The summed E-state index contributed by atoms with van der Waals surface area (Å²) in [5.41, 5.74) is -0.128. The summed E-state index contributed by atoms with van der Waals surface area (Å²) in [5.74, 6) is 0.122. The molecule has 1 aliphatic heterocycles. The average Bonchev–Trinajstić information content (AvgIpc) is 1.99. The third-order valence-corrected chi connectivity index (χ3v) is 2.33. The summed E-state index contributed by atoms with van der Waals surface area (Å²) >= 11 is 0. The van der Waals surface area contributed by atoms with E-state index < -0.39 is 0 Å². The van der Waals surface area contributed by atoms with Gasteiger partial charge in [-0.3, -0.25) is 9.69 Å². The van der Waals surface area contributed by atoms with Crippen LogP contribution in [-0.2, 0) is 4.79 Å². The molecule has 1 rings (SSSR count). The van der Waals surface area contributed by atoms with E-state index in [1.807, 2.05) is 20.8 Å². The zero-order valence-corrected chi connectivity index (χ0v) is 10.3. The van der Waals surface area contributed by atoms with E-state index in [1.54, 1.807) is 0 Å². The van der Waals surface area contributed by atoms with Crippen molar-refractivity contribution in [3.05, 3.63) is 0 Å². The summed E-state index contributed by atoms with van der Waals surface area (Å²) < 4.78 is 0. The van der Waals surface area contributed by atoms with Gasteiger partial charge in [0.1, 0.15) is 0 Å². The number of hydrogen-bond donors (Lipinski definition) is 2. The molecule has 0 unspecified atom stereocenters. The lowest BCUT2D eigenvalue weighted by Gasteiger charge is -2.32. The van der Waals surface area contributed by atoms with Crippen LogP contribution in [0, 0.1) is 0 Å². The first-order chi connectivity index (χ1) is 6.87. The van der Waals surface area contributed by atoms with E-state index in [1.165, 1.54) is 0 Å². The lowest BCUT2D eigenvalue weighted by Crippen LogP contribution is -2.53. The van der Waals surface area contributed by atoms with Crippen LogP contribution < -0.4 is 10.6 Å². The molecule has 4 heteroatoms. The van der Waals surface area contributed by atoms with Crippen LogP contribution in [-0.4, -0.2) is 48.6 Å². The Bertz CT molecular complexity index is 222. The number of nitrogens with zero attached hydrogens (tertiary/aromatic N) is 1. The predicted octanol–water partition coefficient (Wildman–Crippen LogP) is 0.195. The monoisotopic (exact) mass is 213 g/mol. The van der Waals surface area contributed by atoms with E-state index in [2.05, 4.69) is 22.5 Å². The molecule has 0 saturated carbocycles. The second-order valence-electron chi connectivity index (χ2n) is 5.39. The van der Waals surface area contributed by atoms with Crippen molar-refractivity contribution in [1.29, 1.82) is 0 Å². The average molecular weight is 213 g/mol. The van der Waals surface area contributed by atoms with Gasteiger partial charge in [0.25, 0.3) is 0 Å². The number of carbonyl (C=O) groups is 1. The molecule has 4 nitrogen and oxygen atoms in total. The van der Waals surface area contributed by atoms with Gasteiger partial charge in [0.2, 0.25) is 5.91 Å². The normalized spacial score (nSPS) is 23.9. The Balaban J connectivity index is 2.31. The van der Waals surface area contributed by atoms with Crippen molar-refractivity contribution >= 4 is 5.91 Å². The highest BCUT2D eigenvalue weighted by atomic mass is 16.2. The molecular weight excluding hydrogens is 190 g/mol. The number of nitrogens with one attached hydrogen (secondary N) is 2. The summed E-state index contributed by atoms with van der Waals surface area (Å²) in [6.45, 7) is 11.6. The Morgan fingerprint density at radius 1 is 1.53 bits per heavy atom. The number of hydrogen-bond acceptors (Lipinski definition) is 3. The number of amides is 1. The van der Waals surface area contributed by atoms with Crippen molar-refractivity contribution in [1.82, 2.24) is 15.5 Å². The Hall–Kier alpha value is -0.610. The van der Waals surface area contributed by atoms with Crippen molar-refractivity contribution < 1.29 is 4.79 Å². The van der Waals surface area contributed by atoms with Crippen LogP contribution in [0.5, 0.6) is 0 Å². The summed E-state index contributed by atoms with van der Waals surface area (Å²) in [5, 5.41) is 6.34. The minimum absolute atomic E-state index is 0.122. The SMILES string of the molecule is C[C@@H]1CN(CC(=O)NC(C)(C)C)CCN1. The van der Waals surface area contributed by atoms with Gasteiger partial charge in [0.15, 0.2) is 0 Å². The van der Waals surface area contributed by atoms with Crippen LogP contribution in [0.1, 0.15) is 27.7 Å². The third-order valence-electron chi connectivity index (χ3n) is 2.33.